The Hall–Kier alpha value is -2.48. The molecule has 1 atom stereocenters. The first kappa shape index (κ1) is 15.4. The van der Waals surface area contributed by atoms with Crippen LogP contribution in [0.3, 0.4) is 0 Å². The Morgan fingerprint density at radius 2 is 2.35 bits per heavy atom. The van der Waals surface area contributed by atoms with Gasteiger partial charge >= 0.3 is 0 Å². The van der Waals surface area contributed by atoms with E-state index in [0.29, 0.717) is 30.6 Å². The standard InChI is InChI=1S/C15H17FN4O3/c1-23-12-7-10(3-4-11(12)16)14(21)20-6-2-5-15(22,9-20)13-8-17-19-18-13/h3-4,7-8,22H,2,5-6,9H2,1H3,(H,17,18,19)/t15-/m1/s1. The van der Waals surface area contributed by atoms with Crippen molar-refractivity contribution in [2.45, 2.75) is 18.4 Å². The molecule has 0 aliphatic carbocycles. The van der Waals surface area contributed by atoms with E-state index < -0.39 is 11.4 Å². The number of aromatic nitrogens is 3. The minimum atomic E-state index is -1.23. The molecule has 0 spiro atoms. The number of nitrogens with zero attached hydrogens (tertiary/aromatic N) is 3. The van der Waals surface area contributed by atoms with E-state index >= 15 is 0 Å². The summed E-state index contributed by atoms with van der Waals surface area (Å²) >= 11 is 0. The molecule has 1 saturated heterocycles. The molecule has 2 heterocycles. The fraction of sp³-hybridized carbons (Fsp3) is 0.400. The van der Waals surface area contributed by atoms with Gasteiger partial charge in [-0.2, -0.15) is 15.4 Å². The number of nitrogens with one attached hydrogen (secondary N) is 1. The molecule has 1 aromatic carbocycles. The van der Waals surface area contributed by atoms with E-state index in [1.165, 1.54) is 36.4 Å². The lowest BCUT2D eigenvalue weighted by molar-refractivity contribution is -0.0320. The third-order valence-corrected chi connectivity index (χ3v) is 4.05. The predicted molar refractivity (Wildman–Crippen MR) is 78.4 cm³/mol. The third kappa shape index (κ3) is 2.89. The average molecular weight is 320 g/mol. The minimum Gasteiger partial charge on any atom is -0.494 e. The second-order valence-electron chi connectivity index (χ2n) is 5.57. The maximum absolute atomic E-state index is 13.5. The number of rotatable bonds is 3. The molecule has 23 heavy (non-hydrogen) atoms. The van der Waals surface area contributed by atoms with Gasteiger partial charge in [-0.1, -0.05) is 0 Å². The predicted octanol–water partition coefficient (Wildman–Crippen LogP) is 1.08. The molecule has 2 N–H and O–H groups in total. The number of β-amino-alcohol motifs (C(OH)–C–C–N with tert-alkyl or cyclic N) is 1. The van der Waals surface area contributed by atoms with Crippen molar-refractivity contribution in [3.05, 3.63) is 41.5 Å². The number of H-pyrrole nitrogens is 1. The van der Waals surface area contributed by atoms with Gasteiger partial charge < -0.3 is 14.7 Å². The first-order valence-electron chi connectivity index (χ1n) is 7.25. The minimum absolute atomic E-state index is 0.0135. The van der Waals surface area contributed by atoms with E-state index in [-0.39, 0.29) is 18.2 Å². The lowest BCUT2D eigenvalue weighted by Gasteiger charge is -2.38. The summed E-state index contributed by atoms with van der Waals surface area (Å²) in [6.45, 7) is 0.622. The molecule has 0 unspecified atom stereocenters. The van der Waals surface area contributed by atoms with Crippen LogP contribution in [0.15, 0.2) is 24.4 Å². The Morgan fingerprint density at radius 1 is 1.52 bits per heavy atom. The van der Waals surface area contributed by atoms with Crippen molar-refractivity contribution in [2.75, 3.05) is 20.2 Å². The summed E-state index contributed by atoms with van der Waals surface area (Å²) in [4.78, 5) is 14.2. The van der Waals surface area contributed by atoms with Gasteiger partial charge in [-0.3, -0.25) is 4.79 Å². The number of methoxy groups -OCH3 is 1. The van der Waals surface area contributed by atoms with E-state index in [9.17, 15) is 14.3 Å². The highest BCUT2D eigenvalue weighted by Crippen LogP contribution is 2.31. The second kappa shape index (κ2) is 5.96. The number of piperidine rings is 1. The molecule has 3 rings (SSSR count). The molecule has 122 valence electrons. The molecule has 2 aromatic rings. The summed E-state index contributed by atoms with van der Waals surface area (Å²) < 4.78 is 18.4. The van der Waals surface area contributed by atoms with Crippen molar-refractivity contribution in [1.29, 1.82) is 0 Å². The van der Waals surface area contributed by atoms with Crippen LogP contribution in [0.4, 0.5) is 4.39 Å². The van der Waals surface area contributed by atoms with Crippen LogP contribution in [0, 0.1) is 5.82 Å². The van der Waals surface area contributed by atoms with E-state index in [1.54, 1.807) is 0 Å². The molecule has 1 aromatic heterocycles. The zero-order valence-electron chi connectivity index (χ0n) is 12.6. The molecule has 0 bridgehead atoms. The van der Waals surface area contributed by atoms with E-state index in [4.69, 9.17) is 4.74 Å². The van der Waals surface area contributed by atoms with Gasteiger partial charge in [0.15, 0.2) is 11.6 Å². The number of likely N-dealkylation sites (tertiary alicyclic amines) is 1. The number of hydrogen-bond donors (Lipinski definition) is 2. The maximum atomic E-state index is 13.5. The molecule has 0 saturated carbocycles. The van der Waals surface area contributed by atoms with Gasteiger partial charge in [0.1, 0.15) is 11.3 Å². The number of carbonyl (C=O) groups is 1. The molecule has 1 amide bonds. The molecular weight excluding hydrogens is 303 g/mol. The lowest BCUT2D eigenvalue weighted by atomic mass is 9.89. The topological polar surface area (TPSA) is 91.3 Å². The molecule has 8 heteroatoms. The molecule has 1 fully saturated rings. The van der Waals surface area contributed by atoms with Crippen LogP contribution >= 0.6 is 0 Å². The number of halogens is 1. The van der Waals surface area contributed by atoms with Gasteiger partial charge in [0.2, 0.25) is 0 Å². The molecule has 1 aliphatic heterocycles. The largest absolute Gasteiger partial charge is 0.494 e. The number of ether oxygens (including phenoxy) is 1. The van der Waals surface area contributed by atoms with Crippen molar-refractivity contribution in [2.24, 2.45) is 0 Å². The zero-order valence-corrected chi connectivity index (χ0v) is 12.6. The summed E-state index contributed by atoms with van der Waals surface area (Å²) in [5.41, 5.74) is -0.510. The third-order valence-electron chi connectivity index (χ3n) is 4.05. The van der Waals surface area contributed by atoms with E-state index in [0.717, 1.165) is 0 Å². The van der Waals surface area contributed by atoms with Crippen molar-refractivity contribution < 1.29 is 19.0 Å². The van der Waals surface area contributed by atoms with Crippen LogP contribution in [0.25, 0.3) is 0 Å². The summed E-state index contributed by atoms with van der Waals surface area (Å²) in [5, 5.41) is 20.8. The highest BCUT2D eigenvalue weighted by atomic mass is 19.1. The second-order valence-corrected chi connectivity index (χ2v) is 5.57. The fourth-order valence-electron chi connectivity index (χ4n) is 2.82. The highest BCUT2D eigenvalue weighted by Gasteiger charge is 2.39. The van der Waals surface area contributed by atoms with Crippen LogP contribution in [0.2, 0.25) is 0 Å². The van der Waals surface area contributed by atoms with E-state index in [2.05, 4.69) is 15.4 Å². The lowest BCUT2D eigenvalue weighted by Crippen LogP contribution is -2.48. The van der Waals surface area contributed by atoms with Crippen LogP contribution in [-0.4, -0.2) is 51.5 Å². The normalized spacial score (nSPS) is 21.3. The molecule has 1 aliphatic rings. The van der Waals surface area contributed by atoms with Gasteiger partial charge in [-0.15, -0.1) is 0 Å². The Labute approximate surface area is 132 Å². The fourth-order valence-corrected chi connectivity index (χ4v) is 2.82. The molecule has 0 radical (unpaired) electrons. The summed E-state index contributed by atoms with van der Waals surface area (Å²) in [5.74, 6) is -0.800. The van der Waals surface area contributed by atoms with Gasteiger partial charge in [0.25, 0.3) is 5.91 Å². The number of amides is 1. The first-order chi connectivity index (χ1) is 11.0. The van der Waals surface area contributed by atoms with Crippen molar-refractivity contribution in [1.82, 2.24) is 20.3 Å². The van der Waals surface area contributed by atoms with Crippen LogP contribution < -0.4 is 4.74 Å². The number of benzene rings is 1. The van der Waals surface area contributed by atoms with Gasteiger partial charge in [-0.05, 0) is 31.0 Å². The number of carbonyl (C=O) groups excluding carboxylic acids is 1. The summed E-state index contributed by atoms with van der Waals surface area (Å²) in [6, 6.07) is 3.96. The smallest absolute Gasteiger partial charge is 0.254 e. The van der Waals surface area contributed by atoms with Gasteiger partial charge in [0.05, 0.1) is 19.9 Å². The zero-order chi connectivity index (χ0) is 16.4. The Bertz CT molecular complexity index is 707. The van der Waals surface area contributed by atoms with Gasteiger partial charge in [-0.25, -0.2) is 4.39 Å². The van der Waals surface area contributed by atoms with Crippen molar-refractivity contribution >= 4 is 5.91 Å². The van der Waals surface area contributed by atoms with Crippen molar-refractivity contribution in [3.8, 4) is 5.75 Å². The SMILES string of the molecule is COc1cc(C(=O)N2CCC[C@](O)(c3cn[nH]n3)C2)ccc1F. The summed E-state index contributed by atoms with van der Waals surface area (Å²) in [7, 11) is 1.34. The highest BCUT2D eigenvalue weighted by molar-refractivity contribution is 5.94. The first-order valence-corrected chi connectivity index (χ1v) is 7.25. The number of aliphatic hydroxyl groups is 1. The Balaban J connectivity index is 1.82. The Morgan fingerprint density at radius 3 is 3.04 bits per heavy atom. The van der Waals surface area contributed by atoms with Gasteiger partial charge in [0, 0.05) is 12.1 Å². The van der Waals surface area contributed by atoms with Crippen LogP contribution in [-0.2, 0) is 5.60 Å². The molecular formula is C15H17FN4O3. The summed E-state index contributed by atoms with van der Waals surface area (Å²) in [6.07, 6.45) is 2.58. The number of hydrogen-bond acceptors (Lipinski definition) is 5. The van der Waals surface area contributed by atoms with Crippen molar-refractivity contribution in [3.63, 3.8) is 0 Å². The maximum Gasteiger partial charge on any atom is 0.254 e. The van der Waals surface area contributed by atoms with Crippen LogP contribution in [0.1, 0.15) is 28.9 Å². The Kier molecular flexibility index (Phi) is 3.99. The average Bonchev–Trinajstić information content (AvgIpc) is 3.10. The monoisotopic (exact) mass is 320 g/mol. The van der Waals surface area contributed by atoms with Crippen LogP contribution in [0.5, 0.6) is 5.75 Å². The van der Waals surface area contributed by atoms with E-state index in [1.807, 2.05) is 0 Å². The number of aromatic amines is 1. The quantitative estimate of drug-likeness (QED) is 0.883. The molecule has 7 nitrogen and oxygen atoms in total.